The predicted octanol–water partition coefficient (Wildman–Crippen LogP) is 1.89. The zero-order valence-electron chi connectivity index (χ0n) is 14.8. The minimum absolute atomic E-state index is 0. The van der Waals surface area contributed by atoms with E-state index in [0.717, 1.165) is 19.3 Å². The van der Waals surface area contributed by atoms with Crippen molar-refractivity contribution in [3.63, 3.8) is 0 Å². The maximum atomic E-state index is 6.70. The molecular formula is C17H30LiNOSi. The molecule has 0 heterocycles. The first kappa shape index (κ1) is 20.8. The van der Waals surface area contributed by atoms with Gasteiger partial charge in [0, 0.05) is 6.23 Å². The summed E-state index contributed by atoms with van der Waals surface area (Å²) in [6.45, 7) is 13.2. The Kier molecular flexibility index (Phi) is 10.4. The van der Waals surface area contributed by atoms with Crippen molar-refractivity contribution < 1.29 is 23.3 Å². The molecule has 0 radical (unpaired) electrons. The summed E-state index contributed by atoms with van der Waals surface area (Å²) in [4.78, 5) is 2.35. The first-order valence-electron chi connectivity index (χ1n) is 8.02. The van der Waals surface area contributed by atoms with Crippen molar-refractivity contribution >= 4 is 8.32 Å². The summed E-state index contributed by atoms with van der Waals surface area (Å²) < 4.78 is 6.70. The molecule has 0 amide bonds. The molecule has 0 fully saturated rings. The first-order chi connectivity index (χ1) is 9.66. The van der Waals surface area contributed by atoms with Crippen LogP contribution in [0.3, 0.4) is 0 Å². The van der Waals surface area contributed by atoms with E-state index in [1.54, 1.807) is 0 Å². The Morgan fingerprint density at radius 2 is 1.38 bits per heavy atom. The molecule has 0 spiro atoms. The fourth-order valence-corrected chi connectivity index (χ4v) is 5.16. The Balaban J connectivity index is 0.00000400. The molecule has 2 nitrogen and oxygen atoms in total. The summed E-state index contributed by atoms with van der Waals surface area (Å²) in [7, 11) is -1.64. The molecule has 21 heavy (non-hydrogen) atoms. The van der Waals surface area contributed by atoms with Crippen LogP contribution in [0.2, 0.25) is 18.1 Å². The second-order valence-corrected chi connectivity index (χ2v) is 9.88. The summed E-state index contributed by atoms with van der Waals surface area (Å²) in [6.07, 6.45) is 1.09. The molecule has 0 bridgehead atoms. The monoisotopic (exact) mass is 299 g/mol. The van der Waals surface area contributed by atoms with Crippen LogP contribution in [0.5, 0.6) is 0 Å². The van der Waals surface area contributed by atoms with E-state index in [4.69, 9.17) is 4.43 Å². The second-order valence-electron chi connectivity index (χ2n) is 5.19. The number of hydrogen-bond donors (Lipinski definition) is 0. The van der Waals surface area contributed by atoms with Gasteiger partial charge in [-0.25, -0.2) is 0 Å². The van der Waals surface area contributed by atoms with Crippen LogP contribution in [0.15, 0.2) is 30.3 Å². The molecule has 1 aromatic carbocycles. The molecule has 0 saturated heterocycles. The fourth-order valence-electron chi connectivity index (χ4n) is 2.57. The summed E-state index contributed by atoms with van der Waals surface area (Å²) in [6, 6.07) is 14.1. The Labute approximate surface area is 144 Å². The van der Waals surface area contributed by atoms with Gasteiger partial charge < -0.3 is 9.33 Å². The molecule has 0 atom stereocenters. The molecule has 0 aliphatic heterocycles. The standard InChI is InChI=1S/C17H30NOSi.Li/c1-6-18(7-2)17(16-14-12-11-13-15-16)19-20(8-3,9-4)10-5;/h11-15H,6-10H2,1-5H3;/q-1;+1. The van der Waals surface area contributed by atoms with Crippen LogP contribution in [0, 0.1) is 6.23 Å². The minimum Gasteiger partial charge on any atom is -0.434 e. The van der Waals surface area contributed by atoms with Gasteiger partial charge in [0.05, 0.1) is 0 Å². The van der Waals surface area contributed by atoms with Crippen molar-refractivity contribution in [3.8, 4) is 0 Å². The second kappa shape index (κ2) is 10.5. The van der Waals surface area contributed by atoms with Gasteiger partial charge in [-0.05, 0) is 31.2 Å². The van der Waals surface area contributed by atoms with Crippen LogP contribution in [-0.4, -0.2) is 26.3 Å². The molecule has 114 valence electrons. The van der Waals surface area contributed by atoms with Crippen molar-refractivity contribution in [2.45, 2.75) is 52.8 Å². The van der Waals surface area contributed by atoms with Crippen LogP contribution >= 0.6 is 0 Å². The maximum absolute atomic E-state index is 6.70. The van der Waals surface area contributed by atoms with Gasteiger partial charge in [0.15, 0.2) is 8.32 Å². The van der Waals surface area contributed by atoms with Crippen molar-refractivity contribution in [2.75, 3.05) is 13.1 Å². The summed E-state index contributed by atoms with van der Waals surface area (Å²) in [5.41, 5.74) is 1.21. The number of hydrogen-bond acceptors (Lipinski definition) is 2. The van der Waals surface area contributed by atoms with Gasteiger partial charge in [-0.3, -0.25) is 0 Å². The van der Waals surface area contributed by atoms with Gasteiger partial charge in [-0.2, -0.15) is 12.1 Å². The van der Waals surface area contributed by atoms with Crippen molar-refractivity contribution in [1.82, 2.24) is 4.90 Å². The zero-order chi connectivity index (χ0) is 15.0. The van der Waals surface area contributed by atoms with Crippen LogP contribution in [0.25, 0.3) is 0 Å². The first-order valence-corrected chi connectivity index (χ1v) is 10.6. The van der Waals surface area contributed by atoms with E-state index in [2.05, 4.69) is 69.9 Å². The molecule has 0 aromatic heterocycles. The van der Waals surface area contributed by atoms with Crippen LogP contribution in [0.1, 0.15) is 40.2 Å². The van der Waals surface area contributed by atoms with Crippen LogP contribution in [-0.2, 0) is 4.43 Å². The van der Waals surface area contributed by atoms with Gasteiger partial charge in [0.25, 0.3) is 0 Å². The Morgan fingerprint density at radius 3 is 1.76 bits per heavy atom. The maximum Gasteiger partial charge on any atom is 1.00 e. The predicted molar refractivity (Wildman–Crippen MR) is 90.0 cm³/mol. The smallest absolute Gasteiger partial charge is 0.434 e. The third kappa shape index (κ3) is 5.51. The third-order valence-electron chi connectivity index (χ3n) is 4.32. The molecule has 1 rings (SSSR count). The Bertz CT molecular complexity index is 358. The number of benzene rings is 1. The largest absolute Gasteiger partial charge is 1.00 e. The van der Waals surface area contributed by atoms with Crippen LogP contribution in [0.4, 0.5) is 0 Å². The molecule has 0 aliphatic carbocycles. The molecule has 0 aliphatic rings. The van der Waals surface area contributed by atoms with Gasteiger partial charge in [-0.1, -0.05) is 40.7 Å². The van der Waals surface area contributed by atoms with Crippen molar-refractivity contribution in [2.24, 2.45) is 0 Å². The molecule has 0 N–H and O–H groups in total. The van der Waals surface area contributed by atoms with Gasteiger partial charge in [-0.15, -0.1) is 17.7 Å². The van der Waals surface area contributed by atoms with Crippen LogP contribution < -0.4 is 18.9 Å². The van der Waals surface area contributed by atoms with Gasteiger partial charge in [0.2, 0.25) is 0 Å². The summed E-state index contributed by atoms with van der Waals surface area (Å²) in [5, 5.41) is 0. The average molecular weight is 299 g/mol. The third-order valence-corrected chi connectivity index (χ3v) is 8.81. The SMILES string of the molecule is CCN(CC)[C-](O[Si](CC)(CC)CC)c1ccccc1.[Li+]. The molecular weight excluding hydrogens is 269 g/mol. The Morgan fingerprint density at radius 1 is 0.905 bits per heavy atom. The van der Waals surface area contributed by atoms with E-state index >= 15 is 0 Å². The van der Waals surface area contributed by atoms with E-state index in [1.165, 1.54) is 23.7 Å². The fraction of sp³-hybridized carbons (Fsp3) is 0.588. The normalized spacial score (nSPS) is 11.3. The van der Waals surface area contributed by atoms with E-state index < -0.39 is 8.32 Å². The summed E-state index contributed by atoms with van der Waals surface area (Å²) >= 11 is 0. The topological polar surface area (TPSA) is 12.5 Å². The number of nitrogens with zero attached hydrogens (tertiary/aromatic N) is 1. The van der Waals surface area contributed by atoms with Crippen molar-refractivity contribution in [1.29, 1.82) is 0 Å². The molecule has 0 unspecified atom stereocenters. The van der Waals surface area contributed by atoms with E-state index in [1.807, 2.05) is 0 Å². The average Bonchev–Trinajstić information content (AvgIpc) is 2.53. The van der Waals surface area contributed by atoms with Gasteiger partial charge in [0.1, 0.15) is 0 Å². The van der Waals surface area contributed by atoms with E-state index in [0.29, 0.717) is 0 Å². The van der Waals surface area contributed by atoms with Gasteiger partial charge >= 0.3 is 18.9 Å². The molecule has 4 heteroatoms. The minimum atomic E-state index is -1.64. The molecule has 1 aromatic rings. The summed E-state index contributed by atoms with van der Waals surface area (Å²) in [5.74, 6) is 0. The Hall–Kier alpha value is -0.176. The van der Waals surface area contributed by atoms with E-state index in [-0.39, 0.29) is 18.9 Å². The van der Waals surface area contributed by atoms with Crippen molar-refractivity contribution in [3.05, 3.63) is 42.1 Å². The quantitative estimate of drug-likeness (QED) is 0.510. The van der Waals surface area contributed by atoms with E-state index in [9.17, 15) is 0 Å². The molecule has 0 saturated carbocycles. The zero-order valence-corrected chi connectivity index (χ0v) is 15.8. The number of rotatable bonds is 9.